The fourth-order valence-corrected chi connectivity index (χ4v) is 3.66. The maximum absolute atomic E-state index is 12.7. The molecular weight excluding hydrogens is 340 g/mol. The monoisotopic (exact) mass is 362 g/mol. The minimum Gasteiger partial charge on any atom is -0.392 e. The maximum atomic E-state index is 12.7. The van der Waals surface area contributed by atoms with E-state index in [1.165, 1.54) is 5.56 Å². The number of rotatable bonds is 2. The van der Waals surface area contributed by atoms with E-state index in [9.17, 15) is 9.90 Å². The Hall–Kier alpha value is -1.89. The van der Waals surface area contributed by atoms with E-state index in [0.29, 0.717) is 26.1 Å². The van der Waals surface area contributed by atoms with Crippen molar-refractivity contribution in [1.29, 1.82) is 0 Å². The molecule has 4 rings (SSSR count). The number of amides is 1. The molecule has 0 bridgehead atoms. The summed E-state index contributed by atoms with van der Waals surface area (Å²) in [5.41, 5.74) is 4.45. The summed E-state index contributed by atoms with van der Waals surface area (Å²) in [5.74, 6) is 0.103. The van der Waals surface area contributed by atoms with Crippen molar-refractivity contribution in [1.82, 2.24) is 20.4 Å². The van der Waals surface area contributed by atoms with Gasteiger partial charge in [-0.15, -0.1) is 12.4 Å². The second-order valence-electron chi connectivity index (χ2n) is 6.57. The molecule has 6 nitrogen and oxygen atoms in total. The van der Waals surface area contributed by atoms with Crippen molar-refractivity contribution in [2.45, 2.75) is 31.4 Å². The van der Waals surface area contributed by atoms with Crippen LogP contribution in [0, 0.1) is 0 Å². The average Bonchev–Trinajstić information content (AvgIpc) is 3.16. The highest BCUT2D eigenvalue weighted by Crippen LogP contribution is 2.26. The van der Waals surface area contributed by atoms with Crippen molar-refractivity contribution in [3.05, 3.63) is 41.6 Å². The lowest BCUT2D eigenvalue weighted by Gasteiger charge is -2.23. The molecule has 25 heavy (non-hydrogen) atoms. The number of aromatic nitrogens is 2. The first-order valence-corrected chi connectivity index (χ1v) is 8.54. The lowest BCUT2D eigenvalue weighted by Crippen LogP contribution is -2.44. The molecule has 1 saturated heterocycles. The van der Waals surface area contributed by atoms with E-state index >= 15 is 0 Å². The lowest BCUT2D eigenvalue weighted by molar-refractivity contribution is -0.133. The predicted octanol–water partition coefficient (Wildman–Crippen LogP) is 1.15. The number of nitrogens with one attached hydrogen (secondary N) is 2. The Kier molecular flexibility index (Phi) is 5.42. The molecule has 3 heterocycles. The quantitative estimate of drug-likeness (QED) is 0.748. The topological polar surface area (TPSA) is 81.2 Å². The molecule has 1 amide bonds. The fraction of sp³-hybridized carbons (Fsp3) is 0.444. The van der Waals surface area contributed by atoms with Gasteiger partial charge in [0.15, 0.2) is 0 Å². The predicted molar refractivity (Wildman–Crippen MR) is 97.7 cm³/mol. The first-order chi connectivity index (χ1) is 11.7. The number of benzene rings is 1. The molecule has 7 heteroatoms. The van der Waals surface area contributed by atoms with E-state index in [1.54, 1.807) is 0 Å². The number of hydrogen-bond acceptors (Lipinski definition) is 4. The molecule has 1 fully saturated rings. The molecule has 3 N–H and O–H groups in total. The van der Waals surface area contributed by atoms with Crippen LogP contribution in [0.25, 0.3) is 11.3 Å². The Balaban J connectivity index is 0.00000182. The second kappa shape index (κ2) is 7.56. The first-order valence-electron chi connectivity index (χ1n) is 8.54. The molecule has 2 aliphatic rings. The van der Waals surface area contributed by atoms with Crippen LogP contribution in [-0.4, -0.2) is 57.9 Å². The molecule has 0 radical (unpaired) electrons. The van der Waals surface area contributed by atoms with Gasteiger partial charge < -0.3 is 15.3 Å². The third-order valence-corrected chi connectivity index (χ3v) is 4.98. The van der Waals surface area contributed by atoms with Crippen LogP contribution in [0.3, 0.4) is 0 Å². The molecule has 1 aromatic heterocycles. The summed E-state index contributed by atoms with van der Waals surface area (Å²) >= 11 is 0. The lowest BCUT2D eigenvalue weighted by atomic mass is 10.0. The standard InChI is InChI=1S/C18H22N4O2.ClH/c23-13-10-16(19-11-13)18(24)22-8-6-14-15(7-9-22)20-21-17(14)12-4-2-1-3-5-12;/h1-5,13,16,19,23H,6-11H2,(H,20,21);1H/t13-,16-;/m1./s1. The summed E-state index contributed by atoms with van der Waals surface area (Å²) < 4.78 is 0. The van der Waals surface area contributed by atoms with Crippen LogP contribution < -0.4 is 5.32 Å². The number of carbonyl (C=O) groups is 1. The number of carbonyl (C=O) groups excluding carboxylic acids is 1. The number of fused-ring (bicyclic) bond motifs is 1. The molecule has 0 saturated carbocycles. The van der Waals surface area contributed by atoms with Gasteiger partial charge in [-0.05, 0) is 12.8 Å². The number of H-pyrrole nitrogens is 1. The van der Waals surface area contributed by atoms with Gasteiger partial charge in [0.25, 0.3) is 0 Å². The van der Waals surface area contributed by atoms with E-state index in [4.69, 9.17) is 0 Å². The van der Waals surface area contributed by atoms with Crippen LogP contribution >= 0.6 is 12.4 Å². The Bertz CT molecular complexity index is 734. The number of aromatic amines is 1. The highest BCUT2D eigenvalue weighted by molar-refractivity contribution is 5.85. The highest BCUT2D eigenvalue weighted by Gasteiger charge is 2.32. The average molecular weight is 363 g/mol. The number of nitrogens with zero attached hydrogens (tertiary/aromatic N) is 2. The number of hydrogen-bond donors (Lipinski definition) is 3. The van der Waals surface area contributed by atoms with Crippen molar-refractivity contribution in [2.75, 3.05) is 19.6 Å². The Morgan fingerprint density at radius 2 is 1.96 bits per heavy atom. The summed E-state index contributed by atoms with van der Waals surface area (Å²) in [6.45, 7) is 1.89. The summed E-state index contributed by atoms with van der Waals surface area (Å²) in [5, 5.41) is 20.4. The Labute approximate surface area is 153 Å². The van der Waals surface area contributed by atoms with Crippen molar-refractivity contribution >= 4 is 18.3 Å². The number of aliphatic hydroxyl groups excluding tert-OH is 1. The van der Waals surface area contributed by atoms with Gasteiger partial charge >= 0.3 is 0 Å². The Morgan fingerprint density at radius 3 is 2.68 bits per heavy atom. The largest absolute Gasteiger partial charge is 0.392 e. The van der Waals surface area contributed by atoms with Crippen LogP contribution in [-0.2, 0) is 17.6 Å². The zero-order valence-corrected chi connectivity index (χ0v) is 14.8. The summed E-state index contributed by atoms with van der Waals surface area (Å²) in [4.78, 5) is 14.6. The van der Waals surface area contributed by atoms with Gasteiger partial charge in [0, 0.05) is 42.9 Å². The molecule has 0 aliphatic carbocycles. The normalized spacial score (nSPS) is 22.8. The van der Waals surface area contributed by atoms with Crippen molar-refractivity contribution in [3.8, 4) is 11.3 Å². The number of β-amino-alcohol motifs (C(OH)–C–C–N with tert-alkyl or cyclic N) is 1. The number of aliphatic hydroxyl groups is 1. The van der Waals surface area contributed by atoms with Crippen molar-refractivity contribution < 1.29 is 9.90 Å². The molecule has 0 spiro atoms. The fourth-order valence-electron chi connectivity index (χ4n) is 3.66. The minimum absolute atomic E-state index is 0. The van der Waals surface area contributed by atoms with Gasteiger partial charge in [-0.2, -0.15) is 5.10 Å². The molecular formula is C18H23ClN4O2. The molecule has 2 aliphatic heterocycles. The summed E-state index contributed by atoms with van der Waals surface area (Å²) in [6, 6.07) is 9.91. The molecule has 134 valence electrons. The third kappa shape index (κ3) is 3.56. The molecule has 2 aromatic rings. The molecule has 2 atom stereocenters. The van der Waals surface area contributed by atoms with Crippen LogP contribution in [0.4, 0.5) is 0 Å². The third-order valence-electron chi connectivity index (χ3n) is 4.98. The molecule has 1 aromatic carbocycles. The first kappa shape index (κ1) is 17.9. The number of halogens is 1. The van der Waals surface area contributed by atoms with Gasteiger partial charge in [0.1, 0.15) is 0 Å². The zero-order chi connectivity index (χ0) is 16.5. The van der Waals surface area contributed by atoms with Gasteiger partial charge in [-0.3, -0.25) is 9.89 Å². The molecule has 0 unspecified atom stereocenters. The van der Waals surface area contributed by atoms with E-state index in [1.807, 2.05) is 23.1 Å². The van der Waals surface area contributed by atoms with E-state index in [-0.39, 0.29) is 24.4 Å². The second-order valence-corrected chi connectivity index (χ2v) is 6.57. The van der Waals surface area contributed by atoms with Gasteiger partial charge in [-0.25, -0.2) is 0 Å². The smallest absolute Gasteiger partial charge is 0.239 e. The summed E-state index contributed by atoms with van der Waals surface area (Å²) in [6.07, 6.45) is 1.69. The van der Waals surface area contributed by atoms with Gasteiger partial charge in [0.2, 0.25) is 5.91 Å². The van der Waals surface area contributed by atoms with Crippen LogP contribution in [0.5, 0.6) is 0 Å². The SMILES string of the molecule is Cl.O=C([C@H]1C[C@@H](O)CN1)N1CCc2[nH]nc(-c3ccccc3)c2CC1. The minimum atomic E-state index is -0.410. The van der Waals surface area contributed by atoms with Crippen molar-refractivity contribution in [3.63, 3.8) is 0 Å². The van der Waals surface area contributed by atoms with Gasteiger partial charge in [0.05, 0.1) is 17.8 Å². The summed E-state index contributed by atoms with van der Waals surface area (Å²) in [7, 11) is 0. The van der Waals surface area contributed by atoms with E-state index in [0.717, 1.165) is 29.8 Å². The van der Waals surface area contributed by atoms with E-state index in [2.05, 4.69) is 27.6 Å². The van der Waals surface area contributed by atoms with Gasteiger partial charge in [-0.1, -0.05) is 30.3 Å². The van der Waals surface area contributed by atoms with Crippen LogP contribution in [0.1, 0.15) is 17.7 Å². The zero-order valence-electron chi connectivity index (χ0n) is 13.9. The van der Waals surface area contributed by atoms with Crippen molar-refractivity contribution in [2.24, 2.45) is 0 Å². The van der Waals surface area contributed by atoms with Crippen LogP contribution in [0.2, 0.25) is 0 Å². The highest BCUT2D eigenvalue weighted by atomic mass is 35.5. The van der Waals surface area contributed by atoms with Crippen LogP contribution in [0.15, 0.2) is 30.3 Å². The van der Waals surface area contributed by atoms with E-state index < -0.39 is 6.10 Å². The maximum Gasteiger partial charge on any atom is 0.239 e. The Morgan fingerprint density at radius 1 is 1.20 bits per heavy atom.